The summed E-state index contributed by atoms with van der Waals surface area (Å²) in [5.41, 5.74) is 4.03. The van der Waals surface area contributed by atoms with Crippen LogP contribution in [-0.2, 0) is 0 Å². The molecule has 1 aliphatic rings. The van der Waals surface area contributed by atoms with Crippen molar-refractivity contribution in [3.05, 3.63) is 52.4 Å². The Balaban J connectivity index is 1.77. The lowest BCUT2D eigenvalue weighted by Crippen LogP contribution is -2.44. The van der Waals surface area contributed by atoms with Crippen molar-refractivity contribution < 1.29 is 9.47 Å². The third-order valence-corrected chi connectivity index (χ3v) is 5.48. The first-order valence-electron chi connectivity index (χ1n) is 9.70. The summed E-state index contributed by atoms with van der Waals surface area (Å²) < 4.78 is 12.3. The molecule has 1 aromatic carbocycles. The van der Waals surface area contributed by atoms with Gasteiger partial charge in [-0.1, -0.05) is 0 Å². The number of hydrogen-bond acceptors (Lipinski definition) is 6. The Morgan fingerprint density at radius 1 is 0.966 bits per heavy atom. The standard InChI is InChI=1S/C22H26N4O3/c1-15-11-17(25-9-7-24(2)8-10-25)14-26-21(27)13-18(23-22(15)26)16-5-6-19(28-3)20(12-16)29-4/h5-6,11-14H,7-10H2,1-4H3. The van der Waals surface area contributed by atoms with E-state index in [9.17, 15) is 4.79 Å². The molecule has 7 nitrogen and oxygen atoms in total. The van der Waals surface area contributed by atoms with Crippen molar-refractivity contribution in [1.29, 1.82) is 0 Å². The van der Waals surface area contributed by atoms with Gasteiger partial charge in [-0.05, 0) is 43.8 Å². The van der Waals surface area contributed by atoms with Crippen molar-refractivity contribution in [1.82, 2.24) is 14.3 Å². The minimum atomic E-state index is -0.0983. The number of rotatable bonds is 4. The third kappa shape index (κ3) is 3.65. The number of benzene rings is 1. The lowest BCUT2D eigenvalue weighted by molar-refractivity contribution is 0.312. The Morgan fingerprint density at radius 3 is 2.38 bits per heavy atom. The van der Waals surface area contributed by atoms with Gasteiger partial charge in [0.1, 0.15) is 5.65 Å². The maximum atomic E-state index is 12.9. The van der Waals surface area contributed by atoms with Gasteiger partial charge in [0.25, 0.3) is 5.56 Å². The molecule has 0 N–H and O–H groups in total. The molecule has 4 rings (SSSR count). The SMILES string of the molecule is COc1ccc(-c2cc(=O)n3cc(N4CCN(C)CC4)cc(C)c3n2)cc1OC. The van der Waals surface area contributed by atoms with Crippen LogP contribution in [0.2, 0.25) is 0 Å². The number of piperazine rings is 1. The molecule has 0 unspecified atom stereocenters. The molecule has 2 aromatic heterocycles. The fourth-order valence-corrected chi connectivity index (χ4v) is 3.73. The topological polar surface area (TPSA) is 59.3 Å². The summed E-state index contributed by atoms with van der Waals surface area (Å²) >= 11 is 0. The van der Waals surface area contributed by atoms with E-state index in [1.165, 1.54) is 0 Å². The summed E-state index contributed by atoms with van der Waals surface area (Å²) in [4.78, 5) is 22.3. The monoisotopic (exact) mass is 394 g/mol. The van der Waals surface area contributed by atoms with Crippen molar-refractivity contribution in [2.24, 2.45) is 0 Å². The maximum absolute atomic E-state index is 12.9. The Bertz CT molecular complexity index is 1100. The smallest absolute Gasteiger partial charge is 0.258 e. The minimum Gasteiger partial charge on any atom is -0.493 e. The molecule has 0 amide bonds. The largest absolute Gasteiger partial charge is 0.493 e. The fraction of sp³-hybridized carbons (Fsp3) is 0.364. The zero-order valence-corrected chi connectivity index (χ0v) is 17.3. The van der Waals surface area contributed by atoms with Crippen LogP contribution in [0.25, 0.3) is 16.9 Å². The molecule has 152 valence electrons. The first-order valence-corrected chi connectivity index (χ1v) is 9.70. The van der Waals surface area contributed by atoms with E-state index in [1.54, 1.807) is 24.7 Å². The van der Waals surface area contributed by atoms with Crippen LogP contribution in [0.4, 0.5) is 5.69 Å². The average Bonchev–Trinajstić information content (AvgIpc) is 2.74. The molecule has 0 radical (unpaired) electrons. The van der Waals surface area contributed by atoms with Crippen LogP contribution < -0.4 is 19.9 Å². The van der Waals surface area contributed by atoms with E-state index in [1.807, 2.05) is 31.3 Å². The number of methoxy groups -OCH3 is 2. The van der Waals surface area contributed by atoms with Crippen LogP contribution in [0.1, 0.15) is 5.56 Å². The van der Waals surface area contributed by atoms with Crippen molar-refractivity contribution in [2.45, 2.75) is 6.92 Å². The summed E-state index contributed by atoms with van der Waals surface area (Å²) in [5.74, 6) is 1.25. The number of pyridine rings is 1. The van der Waals surface area contributed by atoms with Crippen LogP contribution >= 0.6 is 0 Å². The second-order valence-corrected chi connectivity index (χ2v) is 7.41. The second kappa shape index (κ2) is 7.75. The van der Waals surface area contributed by atoms with Gasteiger partial charge in [0.15, 0.2) is 11.5 Å². The molecule has 0 saturated carbocycles. The summed E-state index contributed by atoms with van der Waals surface area (Å²) in [6, 6.07) is 9.23. The van der Waals surface area contributed by atoms with E-state index < -0.39 is 0 Å². The Labute approximate surface area is 170 Å². The van der Waals surface area contributed by atoms with Crippen molar-refractivity contribution in [3.63, 3.8) is 0 Å². The number of aryl methyl sites for hydroxylation is 1. The van der Waals surface area contributed by atoms with Gasteiger partial charge < -0.3 is 19.3 Å². The highest BCUT2D eigenvalue weighted by Crippen LogP contribution is 2.31. The van der Waals surface area contributed by atoms with Gasteiger partial charge in [0.05, 0.1) is 25.6 Å². The van der Waals surface area contributed by atoms with Gasteiger partial charge >= 0.3 is 0 Å². The van der Waals surface area contributed by atoms with Crippen molar-refractivity contribution in [3.8, 4) is 22.8 Å². The lowest BCUT2D eigenvalue weighted by Gasteiger charge is -2.34. The zero-order chi connectivity index (χ0) is 20.5. The number of hydrogen-bond donors (Lipinski definition) is 0. The van der Waals surface area contributed by atoms with E-state index in [-0.39, 0.29) is 5.56 Å². The summed E-state index contributed by atoms with van der Waals surface area (Å²) in [7, 11) is 5.32. The van der Waals surface area contributed by atoms with Gasteiger partial charge in [0.2, 0.25) is 0 Å². The summed E-state index contributed by atoms with van der Waals surface area (Å²) in [6.07, 6.45) is 1.90. The van der Waals surface area contributed by atoms with Gasteiger partial charge in [-0.3, -0.25) is 9.20 Å². The van der Waals surface area contributed by atoms with E-state index in [0.717, 1.165) is 43.0 Å². The van der Waals surface area contributed by atoms with E-state index >= 15 is 0 Å². The fourth-order valence-electron chi connectivity index (χ4n) is 3.73. The number of fused-ring (bicyclic) bond motifs is 1. The molecule has 0 atom stereocenters. The normalized spacial score (nSPS) is 15.0. The highest BCUT2D eigenvalue weighted by atomic mass is 16.5. The average molecular weight is 394 g/mol. The van der Waals surface area contributed by atoms with Gasteiger partial charge in [-0.25, -0.2) is 4.98 Å². The van der Waals surface area contributed by atoms with Crippen LogP contribution in [0.5, 0.6) is 11.5 Å². The first-order chi connectivity index (χ1) is 14.0. The quantitative estimate of drug-likeness (QED) is 0.678. The maximum Gasteiger partial charge on any atom is 0.258 e. The molecular weight excluding hydrogens is 368 g/mol. The minimum absolute atomic E-state index is 0.0983. The Morgan fingerprint density at radius 2 is 1.69 bits per heavy atom. The van der Waals surface area contributed by atoms with Gasteiger partial charge in [-0.2, -0.15) is 0 Å². The summed E-state index contributed by atoms with van der Waals surface area (Å²) in [6.45, 7) is 5.94. The van der Waals surface area contributed by atoms with Gasteiger partial charge in [-0.15, -0.1) is 0 Å². The van der Waals surface area contributed by atoms with E-state index in [0.29, 0.717) is 22.8 Å². The van der Waals surface area contributed by atoms with Crippen LogP contribution in [-0.4, -0.2) is 61.7 Å². The number of ether oxygens (including phenoxy) is 2. The molecule has 1 aliphatic heterocycles. The zero-order valence-electron chi connectivity index (χ0n) is 17.3. The highest BCUT2D eigenvalue weighted by molar-refractivity contribution is 5.67. The molecule has 1 fully saturated rings. The second-order valence-electron chi connectivity index (χ2n) is 7.41. The lowest BCUT2D eigenvalue weighted by atomic mass is 10.1. The van der Waals surface area contributed by atoms with E-state index in [2.05, 4.69) is 22.9 Å². The number of likely N-dealkylation sites (N-methyl/N-ethyl adjacent to an activating group) is 1. The predicted molar refractivity (Wildman–Crippen MR) is 114 cm³/mol. The molecule has 0 bridgehead atoms. The molecular formula is C22H26N4O3. The Kier molecular flexibility index (Phi) is 5.15. The molecule has 1 saturated heterocycles. The molecule has 0 aliphatic carbocycles. The molecule has 3 aromatic rings. The molecule has 0 spiro atoms. The Hall–Kier alpha value is -3.06. The molecule has 29 heavy (non-hydrogen) atoms. The van der Waals surface area contributed by atoms with Crippen molar-refractivity contribution >= 4 is 11.3 Å². The predicted octanol–water partition coefficient (Wildman–Crippen LogP) is 2.44. The van der Waals surface area contributed by atoms with Crippen LogP contribution in [0.3, 0.4) is 0 Å². The van der Waals surface area contributed by atoms with Crippen molar-refractivity contribution in [2.75, 3.05) is 52.3 Å². The van der Waals surface area contributed by atoms with Crippen LogP contribution in [0.15, 0.2) is 41.3 Å². The first kappa shape index (κ1) is 19.3. The van der Waals surface area contributed by atoms with Crippen LogP contribution in [0, 0.1) is 6.92 Å². The number of anilines is 1. The van der Waals surface area contributed by atoms with Gasteiger partial charge in [0, 0.05) is 44.0 Å². The molecule has 3 heterocycles. The number of aromatic nitrogens is 2. The molecule has 7 heteroatoms. The third-order valence-electron chi connectivity index (χ3n) is 5.48. The highest BCUT2D eigenvalue weighted by Gasteiger charge is 2.17. The van der Waals surface area contributed by atoms with E-state index in [4.69, 9.17) is 14.5 Å². The number of nitrogens with zero attached hydrogens (tertiary/aromatic N) is 4. The summed E-state index contributed by atoms with van der Waals surface area (Å²) in [5, 5.41) is 0.